The van der Waals surface area contributed by atoms with Gasteiger partial charge in [-0.05, 0) is 37.5 Å². The van der Waals surface area contributed by atoms with E-state index >= 15 is 0 Å². The lowest BCUT2D eigenvalue weighted by atomic mass is 9.79. The predicted molar refractivity (Wildman–Crippen MR) is 182 cm³/mol. The van der Waals surface area contributed by atoms with E-state index < -0.39 is 57.8 Å². The molecular formula is C35H40F6N4O6S. The zero-order chi connectivity index (χ0) is 38.1. The van der Waals surface area contributed by atoms with Gasteiger partial charge in [0.05, 0.1) is 40.6 Å². The second-order valence-electron chi connectivity index (χ2n) is 12.2. The lowest BCUT2D eigenvalue weighted by Crippen LogP contribution is -2.67. The highest BCUT2D eigenvalue weighted by Gasteiger charge is 2.55. The molecule has 2 fully saturated rings. The van der Waals surface area contributed by atoms with Crippen molar-refractivity contribution in [2.24, 2.45) is 0 Å². The number of allylic oxidation sites excluding steroid dienone is 1. The topological polar surface area (TPSA) is 113 Å². The van der Waals surface area contributed by atoms with Crippen LogP contribution in [0.4, 0.5) is 32.0 Å². The maximum absolute atomic E-state index is 14.7. The molecular weight excluding hydrogens is 718 g/mol. The molecule has 2 saturated heterocycles. The molecule has 1 N–H and O–H groups in total. The van der Waals surface area contributed by atoms with Crippen molar-refractivity contribution < 1.29 is 55.3 Å². The Morgan fingerprint density at radius 2 is 1.79 bits per heavy atom. The van der Waals surface area contributed by atoms with Crippen LogP contribution in [0.15, 0.2) is 65.9 Å². The van der Waals surface area contributed by atoms with Crippen molar-refractivity contribution in [1.82, 2.24) is 14.8 Å². The molecule has 2 atom stereocenters. The number of para-hydroxylation sites is 2. The van der Waals surface area contributed by atoms with Crippen LogP contribution >= 0.6 is 11.8 Å². The highest BCUT2D eigenvalue weighted by Crippen LogP contribution is 2.40. The van der Waals surface area contributed by atoms with E-state index in [1.165, 1.54) is 9.80 Å². The number of carboxylic acid groups (broad SMARTS) is 1. The Hall–Kier alpha value is -4.41. The van der Waals surface area contributed by atoms with Gasteiger partial charge in [-0.1, -0.05) is 43.8 Å². The van der Waals surface area contributed by atoms with Crippen LogP contribution in [0.5, 0.6) is 5.75 Å². The molecule has 0 radical (unpaired) electrons. The summed E-state index contributed by atoms with van der Waals surface area (Å²) in [6.45, 7) is 5.99. The number of rotatable bonds is 14. The number of hydrogen-bond acceptors (Lipinski definition) is 8. The smallest absolute Gasteiger partial charge is 0.422 e. The maximum atomic E-state index is 14.7. The number of benzene rings is 1. The molecule has 2 aliphatic heterocycles. The van der Waals surface area contributed by atoms with Gasteiger partial charge < -0.3 is 29.3 Å². The summed E-state index contributed by atoms with van der Waals surface area (Å²) in [6.07, 6.45) is -5.85. The van der Waals surface area contributed by atoms with Crippen molar-refractivity contribution in [2.75, 3.05) is 44.2 Å². The SMILES string of the molecule is C=C(S/C=C/O[C@@]1(C(=O)N2CCN(c3ccccc3OCCCC(=O)O)CC2)CCCN(C(=O)c2cnccc2C(F)(F)F)[C@@H]1CCC)C(F)(F)F. The lowest BCUT2D eigenvalue weighted by molar-refractivity contribution is -0.165. The summed E-state index contributed by atoms with van der Waals surface area (Å²) in [5, 5.41) is 9.91. The second kappa shape index (κ2) is 17.4. The third-order valence-electron chi connectivity index (χ3n) is 8.83. The number of piperazine rings is 1. The van der Waals surface area contributed by atoms with Gasteiger partial charge in [-0.3, -0.25) is 19.4 Å². The number of carbonyl (C=O) groups excluding carboxylic acids is 2. The Morgan fingerprint density at radius 3 is 2.44 bits per heavy atom. The first-order chi connectivity index (χ1) is 24.6. The Morgan fingerprint density at radius 1 is 1.08 bits per heavy atom. The summed E-state index contributed by atoms with van der Waals surface area (Å²) in [5.41, 5.74) is -2.98. The van der Waals surface area contributed by atoms with E-state index in [0.717, 1.165) is 29.8 Å². The molecule has 284 valence electrons. The first-order valence-corrected chi connectivity index (χ1v) is 17.5. The highest BCUT2D eigenvalue weighted by molar-refractivity contribution is 8.05. The molecule has 0 unspecified atom stereocenters. The zero-order valence-corrected chi connectivity index (χ0v) is 29.2. The van der Waals surface area contributed by atoms with Crippen LogP contribution in [-0.2, 0) is 20.5 Å². The molecule has 1 aromatic carbocycles. The first kappa shape index (κ1) is 40.4. The zero-order valence-electron chi connectivity index (χ0n) is 28.4. The first-order valence-electron chi connectivity index (χ1n) is 16.7. The van der Waals surface area contributed by atoms with Gasteiger partial charge in [-0.15, -0.1) is 0 Å². The fourth-order valence-corrected chi connectivity index (χ4v) is 6.79. The molecule has 2 aromatic rings. The minimum absolute atomic E-state index is 0.00838. The molecule has 17 heteroatoms. The third-order valence-corrected chi connectivity index (χ3v) is 9.59. The second-order valence-corrected chi connectivity index (χ2v) is 13.2. The largest absolute Gasteiger partial charge is 0.491 e. The van der Waals surface area contributed by atoms with Gasteiger partial charge in [0.25, 0.3) is 11.8 Å². The summed E-state index contributed by atoms with van der Waals surface area (Å²) < 4.78 is 93.3. The number of alkyl halides is 6. The molecule has 0 bridgehead atoms. The minimum atomic E-state index is -4.87. The average Bonchev–Trinajstić information content (AvgIpc) is 3.11. The molecule has 10 nitrogen and oxygen atoms in total. The fraction of sp³-hybridized carbons (Fsp3) is 0.486. The monoisotopic (exact) mass is 758 g/mol. The number of hydrogen-bond donors (Lipinski definition) is 1. The van der Waals surface area contributed by atoms with Crippen LogP contribution in [0, 0.1) is 0 Å². The Kier molecular flexibility index (Phi) is 13.5. The van der Waals surface area contributed by atoms with E-state index in [1.54, 1.807) is 19.1 Å². The van der Waals surface area contributed by atoms with E-state index in [4.69, 9.17) is 14.6 Å². The number of aliphatic carboxylic acids is 1. The van der Waals surface area contributed by atoms with Gasteiger partial charge in [0.2, 0.25) is 5.60 Å². The van der Waals surface area contributed by atoms with Crippen LogP contribution in [-0.4, -0.2) is 94.8 Å². The molecule has 0 saturated carbocycles. The van der Waals surface area contributed by atoms with Crippen LogP contribution in [0.25, 0.3) is 0 Å². The van der Waals surface area contributed by atoms with Gasteiger partial charge in [-0.2, -0.15) is 26.3 Å². The number of likely N-dealkylation sites (tertiary alicyclic amines) is 1. The van der Waals surface area contributed by atoms with Gasteiger partial charge in [0.1, 0.15) is 5.75 Å². The summed E-state index contributed by atoms with van der Waals surface area (Å²) in [6, 6.07) is 6.80. The highest BCUT2D eigenvalue weighted by atomic mass is 32.2. The number of carbonyl (C=O) groups is 3. The number of aromatic nitrogens is 1. The van der Waals surface area contributed by atoms with Gasteiger partial charge in [-0.25, -0.2) is 0 Å². The molecule has 0 spiro atoms. The Bertz CT molecular complexity index is 1610. The van der Waals surface area contributed by atoms with Crippen molar-refractivity contribution >= 4 is 35.2 Å². The molecule has 1 aromatic heterocycles. The summed E-state index contributed by atoms with van der Waals surface area (Å²) >= 11 is 0.237. The quantitative estimate of drug-likeness (QED) is 0.122. The number of piperidine rings is 1. The number of carboxylic acids is 1. The number of ether oxygens (including phenoxy) is 2. The Balaban J connectivity index is 1.63. The number of halogens is 6. The number of pyridine rings is 1. The van der Waals surface area contributed by atoms with Crippen LogP contribution in [0.2, 0.25) is 0 Å². The van der Waals surface area contributed by atoms with Crippen molar-refractivity contribution in [2.45, 2.75) is 69.4 Å². The summed E-state index contributed by atoms with van der Waals surface area (Å²) in [5.74, 6) is -1.94. The van der Waals surface area contributed by atoms with Crippen molar-refractivity contribution in [1.29, 1.82) is 0 Å². The number of thioether (sulfide) groups is 1. The third kappa shape index (κ3) is 9.72. The number of anilines is 1. The summed E-state index contributed by atoms with van der Waals surface area (Å²) in [4.78, 5) is 46.8. The number of amides is 2. The average molecular weight is 759 g/mol. The van der Waals surface area contributed by atoms with E-state index in [0.29, 0.717) is 37.7 Å². The van der Waals surface area contributed by atoms with Crippen molar-refractivity contribution in [3.05, 3.63) is 77.0 Å². The van der Waals surface area contributed by atoms with Gasteiger partial charge >= 0.3 is 18.3 Å². The fourth-order valence-electron chi connectivity index (χ4n) is 6.39. The molecule has 52 heavy (non-hydrogen) atoms. The van der Waals surface area contributed by atoms with Crippen molar-refractivity contribution in [3.63, 3.8) is 0 Å². The molecule has 3 heterocycles. The minimum Gasteiger partial charge on any atom is -0.491 e. The van der Waals surface area contributed by atoms with Gasteiger partial charge in [0.15, 0.2) is 0 Å². The number of nitrogens with zero attached hydrogens (tertiary/aromatic N) is 4. The molecule has 2 aliphatic rings. The van der Waals surface area contributed by atoms with E-state index in [1.807, 2.05) is 17.0 Å². The van der Waals surface area contributed by atoms with E-state index in [9.17, 15) is 40.7 Å². The Labute approximate surface area is 301 Å². The predicted octanol–water partition coefficient (Wildman–Crippen LogP) is 7.13. The van der Waals surface area contributed by atoms with Crippen molar-refractivity contribution in [3.8, 4) is 5.75 Å². The molecule has 0 aliphatic carbocycles. The van der Waals surface area contributed by atoms with Crippen LogP contribution in [0.3, 0.4) is 0 Å². The van der Waals surface area contributed by atoms with E-state index in [2.05, 4.69) is 11.6 Å². The maximum Gasteiger partial charge on any atom is 0.422 e. The molecule has 2 amide bonds. The van der Waals surface area contributed by atoms with Crippen LogP contribution < -0.4 is 9.64 Å². The standard InChI is InChI=1S/C35H40F6N4O6S/c1-3-8-29-33(51-21-22-52-24(2)34(36,37)38,13-7-15-45(29)31(48)25-23-42-14-12-26(25)35(39,40)41)32(49)44-18-16-43(17-19-44)27-9-4-5-10-28(27)50-20-6-11-30(46)47/h4-5,9-10,12,14,21-23,29H,2-3,6-8,11,13,15-20H2,1H3,(H,46,47)/b22-21+/t29-,33+/m1/s1. The van der Waals surface area contributed by atoms with E-state index in [-0.39, 0.29) is 63.7 Å². The summed E-state index contributed by atoms with van der Waals surface area (Å²) in [7, 11) is 0. The lowest BCUT2D eigenvalue weighted by Gasteiger charge is -2.50. The van der Waals surface area contributed by atoms with Gasteiger partial charge in [0, 0.05) is 63.4 Å². The normalized spacial score (nSPS) is 19.8. The molecule has 4 rings (SSSR count). The van der Waals surface area contributed by atoms with Crippen LogP contribution in [0.1, 0.15) is 61.4 Å².